The molecular weight excluding hydrogens is 574 g/mol. The molecule has 1 aliphatic heterocycles. The summed E-state index contributed by atoms with van der Waals surface area (Å²) in [6.45, 7) is 3.76. The summed E-state index contributed by atoms with van der Waals surface area (Å²) >= 11 is 0. The molecule has 4 aromatic carbocycles. The van der Waals surface area contributed by atoms with Crippen molar-refractivity contribution in [1.82, 2.24) is 4.90 Å². The summed E-state index contributed by atoms with van der Waals surface area (Å²) in [5.74, 6) is 2.50. The number of piperidine rings is 1. The molecule has 1 heterocycles. The maximum atomic E-state index is 12.6. The summed E-state index contributed by atoms with van der Waals surface area (Å²) in [4.78, 5) is 1.93. The normalized spacial score (nSPS) is 14.5. The first-order valence-electron chi connectivity index (χ1n) is 13.8. The molecule has 10 heteroatoms. The van der Waals surface area contributed by atoms with Gasteiger partial charge in [0, 0.05) is 30.0 Å². The molecule has 0 aromatic heterocycles. The average Bonchev–Trinajstić information content (AvgIpc) is 2.97. The molecule has 42 heavy (non-hydrogen) atoms. The Balaban J connectivity index is 1.49. The Kier molecular flexibility index (Phi) is 8.77. The van der Waals surface area contributed by atoms with E-state index in [4.69, 9.17) is 14.2 Å². The van der Waals surface area contributed by atoms with Crippen LogP contribution in [0, 0.1) is 0 Å². The van der Waals surface area contributed by atoms with Gasteiger partial charge in [-0.3, -0.25) is 4.90 Å². The van der Waals surface area contributed by atoms with Crippen LogP contribution in [0.2, 0.25) is 0 Å². The first kappa shape index (κ1) is 29.9. The topological polar surface area (TPSA) is 99.2 Å². The van der Waals surface area contributed by atoms with Crippen LogP contribution in [0.5, 0.6) is 23.0 Å². The van der Waals surface area contributed by atoms with Crippen LogP contribution in [0.25, 0.3) is 21.9 Å². The van der Waals surface area contributed by atoms with Crippen molar-refractivity contribution < 1.29 is 31.0 Å². The predicted molar refractivity (Wildman–Crippen MR) is 164 cm³/mol. The second kappa shape index (κ2) is 12.3. The minimum absolute atomic E-state index is 0.238. The van der Waals surface area contributed by atoms with Crippen LogP contribution < -0.4 is 14.2 Å². The first-order chi connectivity index (χ1) is 20.0. The van der Waals surface area contributed by atoms with Gasteiger partial charge in [-0.05, 0) is 97.5 Å². The summed E-state index contributed by atoms with van der Waals surface area (Å²) in [5.41, 5.74) is 1.12. The number of fused-ring (bicyclic) bond motifs is 1. The molecule has 1 fully saturated rings. The molecule has 0 saturated carbocycles. The standard InChI is InChI=1S/C32H35NO7S2/c1-38-27-13-15-29-23(21-27)7-14-28(24-8-16-30(41(2,34)35)31(22-24)42(3,36)37)32(29)40-26-11-9-25(10-12-26)39-20-19-33-17-5-4-6-18-33/h7-16,21-22H,4-6,17-20H2,1-3H3. The number of nitrogens with zero attached hydrogens (tertiary/aromatic N) is 1. The van der Waals surface area contributed by atoms with Gasteiger partial charge in [-0.15, -0.1) is 0 Å². The van der Waals surface area contributed by atoms with Crippen LogP contribution in [-0.4, -0.2) is 67.6 Å². The minimum Gasteiger partial charge on any atom is -0.497 e. The van der Waals surface area contributed by atoms with Gasteiger partial charge in [0.2, 0.25) is 0 Å². The lowest BCUT2D eigenvalue weighted by Crippen LogP contribution is -2.33. The number of sulfone groups is 2. The third-order valence-corrected chi connectivity index (χ3v) is 9.82. The summed E-state index contributed by atoms with van der Waals surface area (Å²) in [5, 5.41) is 1.64. The summed E-state index contributed by atoms with van der Waals surface area (Å²) in [6.07, 6.45) is 5.78. The fraction of sp³-hybridized carbons (Fsp3) is 0.312. The van der Waals surface area contributed by atoms with Crippen LogP contribution >= 0.6 is 0 Å². The zero-order chi connectivity index (χ0) is 29.9. The molecule has 0 amide bonds. The van der Waals surface area contributed by atoms with Crippen molar-refractivity contribution in [3.8, 4) is 34.1 Å². The number of hydrogen-bond donors (Lipinski definition) is 0. The Morgan fingerprint density at radius 1 is 0.714 bits per heavy atom. The van der Waals surface area contributed by atoms with Crippen LogP contribution in [-0.2, 0) is 19.7 Å². The molecule has 8 nitrogen and oxygen atoms in total. The highest BCUT2D eigenvalue weighted by molar-refractivity contribution is 7.93. The van der Waals surface area contributed by atoms with Crippen molar-refractivity contribution in [1.29, 1.82) is 0 Å². The largest absolute Gasteiger partial charge is 0.497 e. The smallest absolute Gasteiger partial charge is 0.176 e. The Morgan fingerprint density at radius 2 is 1.38 bits per heavy atom. The maximum Gasteiger partial charge on any atom is 0.176 e. The molecule has 4 aromatic rings. The fourth-order valence-corrected chi connectivity index (χ4v) is 7.64. The fourth-order valence-electron chi connectivity index (χ4n) is 5.21. The van der Waals surface area contributed by atoms with Gasteiger partial charge >= 0.3 is 0 Å². The van der Waals surface area contributed by atoms with Crippen molar-refractivity contribution in [3.05, 3.63) is 72.8 Å². The van der Waals surface area contributed by atoms with Crippen LogP contribution in [0.1, 0.15) is 19.3 Å². The third-order valence-electron chi connectivity index (χ3n) is 7.40. The van der Waals surface area contributed by atoms with E-state index in [1.807, 2.05) is 54.6 Å². The molecule has 0 bridgehead atoms. The lowest BCUT2D eigenvalue weighted by Gasteiger charge is -2.26. The first-order valence-corrected chi connectivity index (χ1v) is 17.6. The zero-order valence-electron chi connectivity index (χ0n) is 24.0. The number of rotatable bonds is 10. The molecule has 0 radical (unpaired) electrons. The summed E-state index contributed by atoms with van der Waals surface area (Å²) in [7, 11) is -6.02. The quantitative estimate of drug-likeness (QED) is 0.217. The van der Waals surface area contributed by atoms with E-state index in [0.29, 0.717) is 35.0 Å². The number of hydrogen-bond acceptors (Lipinski definition) is 8. The highest BCUT2D eigenvalue weighted by Crippen LogP contribution is 2.42. The lowest BCUT2D eigenvalue weighted by molar-refractivity contribution is 0.183. The van der Waals surface area contributed by atoms with Gasteiger partial charge in [0.25, 0.3) is 0 Å². The highest BCUT2D eigenvalue weighted by Gasteiger charge is 2.23. The average molecular weight is 610 g/mol. The van der Waals surface area contributed by atoms with Crippen LogP contribution in [0.15, 0.2) is 82.6 Å². The molecule has 222 valence electrons. The number of ether oxygens (including phenoxy) is 3. The van der Waals surface area contributed by atoms with Gasteiger partial charge in [-0.2, -0.15) is 0 Å². The number of benzene rings is 4. The van der Waals surface area contributed by atoms with E-state index >= 15 is 0 Å². The third kappa shape index (κ3) is 6.88. The minimum atomic E-state index is -3.84. The van der Waals surface area contributed by atoms with Crippen molar-refractivity contribution in [3.63, 3.8) is 0 Å². The Hall–Kier alpha value is -3.60. The lowest BCUT2D eigenvalue weighted by atomic mass is 9.99. The van der Waals surface area contributed by atoms with Crippen LogP contribution in [0.3, 0.4) is 0 Å². The monoisotopic (exact) mass is 609 g/mol. The Bertz CT molecular complexity index is 1800. The van der Waals surface area contributed by atoms with E-state index in [2.05, 4.69) is 4.90 Å². The second-order valence-electron chi connectivity index (χ2n) is 10.6. The number of methoxy groups -OCH3 is 1. The van der Waals surface area contributed by atoms with Gasteiger partial charge < -0.3 is 14.2 Å². The molecule has 0 spiro atoms. The number of likely N-dealkylation sites (tertiary alicyclic amines) is 1. The Labute approximate surface area is 247 Å². The molecular formula is C32H35NO7S2. The SMILES string of the molecule is COc1ccc2c(Oc3ccc(OCCN4CCCCC4)cc3)c(-c3ccc(S(C)(=O)=O)c(S(C)(=O)=O)c3)ccc2c1. The molecule has 0 atom stereocenters. The molecule has 1 aliphatic rings. The van der Waals surface area contributed by atoms with Gasteiger partial charge in [0.1, 0.15) is 29.6 Å². The van der Waals surface area contributed by atoms with E-state index in [1.165, 1.54) is 31.4 Å². The van der Waals surface area contributed by atoms with Gasteiger partial charge in [0.15, 0.2) is 19.7 Å². The van der Waals surface area contributed by atoms with E-state index in [-0.39, 0.29) is 9.79 Å². The molecule has 0 aliphatic carbocycles. The predicted octanol–water partition coefficient (Wildman–Crippen LogP) is 5.98. The highest BCUT2D eigenvalue weighted by atomic mass is 32.2. The van der Waals surface area contributed by atoms with Crippen LogP contribution in [0.4, 0.5) is 0 Å². The Morgan fingerprint density at radius 3 is 2.05 bits per heavy atom. The van der Waals surface area contributed by atoms with Gasteiger partial charge in [-0.25, -0.2) is 16.8 Å². The van der Waals surface area contributed by atoms with E-state index in [1.54, 1.807) is 13.2 Å². The maximum absolute atomic E-state index is 12.6. The molecule has 1 saturated heterocycles. The summed E-state index contributed by atoms with van der Waals surface area (Å²) < 4.78 is 67.8. The van der Waals surface area contributed by atoms with E-state index in [9.17, 15) is 16.8 Å². The summed E-state index contributed by atoms with van der Waals surface area (Å²) in [6, 6.07) is 21.0. The molecule has 0 unspecified atom stereocenters. The van der Waals surface area contributed by atoms with E-state index < -0.39 is 19.7 Å². The van der Waals surface area contributed by atoms with Gasteiger partial charge in [0.05, 0.1) is 16.9 Å². The van der Waals surface area contributed by atoms with Crippen molar-refractivity contribution >= 4 is 30.4 Å². The van der Waals surface area contributed by atoms with Gasteiger partial charge in [-0.1, -0.05) is 18.6 Å². The molecule has 0 N–H and O–H groups in total. The van der Waals surface area contributed by atoms with Crippen molar-refractivity contribution in [2.45, 2.75) is 29.1 Å². The zero-order valence-corrected chi connectivity index (χ0v) is 25.6. The van der Waals surface area contributed by atoms with E-state index in [0.717, 1.165) is 48.7 Å². The molecule has 5 rings (SSSR count). The van der Waals surface area contributed by atoms with Crippen molar-refractivity contribution in [2.24, 2.45) is 0 Å². The second-order valence-corrected chi connectivity index (χ2v) is 14.5. The van der Waals surface area contributed by atoms with Crippen molar-refractivity contribution in [2.75, 3.05) is 45.9 Å².